The van der Waals surface area contributed by atoms with E-state index in [4.69, 9.17) is 8.92 Å². The Bertz CT molecular complexity index is 805. The van der Waals surface area contributed by atoms with E-state index < -0.39 is 10.1 Å². The second-order valence-electron chi connectivity index (χ2n) is 7.63. The Kier molecular flexibility index (Phi) is 7.44. The van der Waals surface area contributed by atoms with Crippen molar-refractivity contribution in [2.75, 3.05) is 12.9 Å². The summed E-state index contributed by atoms with van der Waals surface area (Å²) in [5.41, 5.74) is 1.11. The molecule has 0 saturated heterocycles. The summed E-state index contributed by atoms with van der Waals surface area (Å²) in [5, 5.41) is 0. The molecular formula is C20H30N2O4S. The van der Waals surface area contributed by atoms with Gasteiger partial charge in [0.2, 0.25) is 0 Å². The molecular weight excluding hydrogens is 364 g/mol. The second kappa shape index (κ2) is 9.37. The third-order valence-electron chi connectivity index (χ3n) is 3.89. The summed E-state index contributed by atoms with van der Waals surface area (Å²) in [6.07, 6.45) is 8.30. The number of hydrogen-bond donors (Lipinski definition) is 0. The zero-order chi connectivity index (χ0) is 19.9. The zero-order valence-electron chi connectivity index (χ0n) is 16.6. The predicted octanol–water partition coefficient (Wildman–Crippen LogP) is 3.60. The van der Waals surface area contributed by atoms with Gasteiger partial charge in [0.25, 0.3) is 10.1 Å². The Morgan fingerprint density at radius 3 is 2.41 bits per heavy atom. The lowest BCUT2D eigenvalue weighted by atomic mass is 10.1. The third kappa shape index (κ3) is 8.58. The van der Waals surface area contributed by atoms with Crippen LogP contribution in [0.1, 0.15) is 45.0 Å². The minimum Gasteiger partial charge on any atom is -0.488 e. The minimum atomic E-state index is -3.40. The van der Waals surface area contributed by atoms with Crippen LogP contribution in [0.25, 0.3) is 0 Å². The molecule has 0 bridgehead atoms. The molecule has 0 atom stereocenters. The quantitative estimate of drug-likeness (QED) is 0.455. The highest BCUT2D eigenvalue weighted by molar-refractivity contribution is 7.85. The van der Waals surface area contributed by atoms with Crippen molar-refractivity contribution in [1.29, 1.82) is 0 Å². The van der Waals surface area contributed by atoms with Crippen molar-refractivity contribution >= 4 is 10.1 Å². The highest BCUT2D eigenvalue weighted by atomic mass is 32.2. The van der Waals surface area contributed by atoms with E-state index in [9.17, 15) is 8.42 Å². The molecule has 0 amide bonds. The van der Waals surface area contributed by atoms with Gasteiger partial charge in [-0.1, -0.05) is 12.1 Å². The van der Waals surface area contributed by atoms with Crippen molar-refractivity contribution in [3.05, 3.63) is 48.0 Å². The van der Waals surface area contributed by atoms with Crippen LogP contribution in [0.5, 0.6) is 5.75 Å². The van der Waals surface area contributed by atoms with Crippen molar-refractivity contribution in [1.82, 2.24) is 9.55 Å². The number of ether oxygens (including phenoxy) is 1. The molecule has 0 aliphatic carbocycles. The number of hydrogen-bond acceptors (Lipinski definition) is 5. The molecule has 7 heteroatoms. The number of unbranched alkanes of at least 4 members (excludes halogenated alkanes) is 1. The molecule has 2 rings (SSSR count). The Hall–Kier alpha value is -1.86. The number of aromatic nitrogens is 2. The van der Waals surface area contributed by atoms with E-state index in [0.717, 1.165) is 43.6 Å². The standard InChI is InChI=1S/C20H30N2O4S/c1-20(2,3)26-18-10-8-17(9-11-18)7-5-6-14-22-15-13-21-19(22)12-16-25-27(4,23)24/h8-11,13,15H,5-7,12,14,16H2,1-4H3. The van der Waals surface area contributed by atoms with Gasteiger partial charge in [-0.2, -0.15) is 8.42 Å². The van der Waals surface area contributed by atoms with Crippen LogP contribution >= 0.6 is 0 Å². The first-order valence-corrected chi connectivity index (χ1v) is 11.1. The normalized spacial score (nSPS) is 12.3. The van der Waals surface area contributed by atoms with E-state index in [2.05, 4.69) is 21.7 Å². The minimum absolute atomic E-state index is 0.124. The molecule has 1 aromatic heterocycles. The topological polar surface area (TPSA) is 70.4 Å². The second-order valence-corrected chi connectivity index (χ2v) is 9.27. The number of nitrogens with zero attached hydrogens (tertiary/aromatic N) is 2. The number of aryl methyl sites for hydroxylation is 2. The van der Waals surface area contributed by atoms with Gasteiger partial charge in [0.05, 0.1) is 12.9 Å². The fourth-order valence-corrected chi connectivity index (χ4v) is 3.13. The number of imidazole rings is 1. The molecule has 1 heterocycles. The van der Waals surface area contributed by atoms with Gasteiger partial charge >= 0.3 is 0 Å². The average Bonchev–Trinajstić information content (AvgIpc) is 2.98. The third-order valence-corrected chi connectivity index (χ3v) is 4.48. The maximum absolute atomic E-state index is 11.0. The molecule has 150 valence electrons. The van der Waals surface area contributed by atoms with Crippen LogP contribution in [0.2, 0.25) is 0 Å². The van der Waals surface area contributed by atoms with Crippen LogP contribution in [0.15, 0.2) is 36.7 Å². The number of rotatable bonds is 10. The maximum atomic E-state index is 11.0. The van der Waals surface area contributed by atoms with Crippen LogP contribution in [-0.2, 0) is 33.7 Å². The Morgan fingerprint density at radius 2 is 1.78 bits per heavy atom. The summed E-state index contributed by atoms with van der Waals surface area (Å²) >= 11 is 0. The van der Waals surface area contributed by atoms with E-state index in [1.807, 2.05) is 39.1 Å². The molecule has 0 radical (unpaired) electrons. The molecule has 27 heavy (non-hydrogen) atoms. The van der Waals surface area contributed by atoms with Crippen LogP contribution < -0.4 is 4.74 Å². The highest BCUT2D eigenvalue weighted by Crippen LogP contribution is 2.19. The van der Waals surface area contributed by atoms with Gasteiger partial charge in [-0.15, -0.1) is 0 Å². The van der Waals surface area contributed by atoms with Crippen molar-refractivity contribution < 1.29 is 17.3 Å². The number of benzene rings is 1. The summed E-state index contributed by atoms with van der Waals surface area (Å²) in [6.45, 7) is 7.11. The Morgan fingerprint density at radius 1 is 1.07 bits per heavy atom. The Labute approximate surface area is 162 Å². The first-order valence-electron chi connectivity index (χ1n) is 9.25. The SMILES string of the molecule is CC(C)(C)Oc1ccc(CCCCn2ccnc2CCOS(C)(=O)=O)cc1. The zero-order valence-corrected chi connectivity index (χ0v) is 17.5. The van der Waals surface area contributed by atoms with Gasteiger partial charge < -0.3 is 9.30 Å². The molecule has 0 saturated carbocycles. The fraction of sp³-hybridized carbons (Fsp3) is 0.550. The molecule has 1 aromatic carbocycles. The average molecular weight is 395 g/mol. The molecule has 2 aromatic rings. The largest absolute Gasteiger partial charge is 0.488 e. The van der Waals surface area contributed by atoms with Crippen molar-refractivity contribution in [2.24, 2.45) is 0 Å². The van der Waals surface area contributed by atoms with Crippen molar-refractivity contribution in [2.45, 2.75) is 58.6 Å². The lowest BCUT2D eigenvalue weighted by molar-refractivity contribution is 0.131. The summed E-state index contributed by atoms with van der Waals surface area (Å²) in [5.74, 6) is 1.74. The van der Waals surface area contributed by atoms with Gasteiger partial charge in [-0.05, 0) is 57.7 Å². The smallest absolute Gasteiger partial charge is 0.264 e. The van der Waals surface area contributed by atoms with Gasteiger partial charge in [0.15, 0.2) is 0 Å². The van der Waals surface area contributed by atoms with Gasteiger partial charge in [0, 0.05) is 25.4 Å². The molecule has 0 aliphatic rings. The van der Waals surface area contributed by atoms with E-state index in [1.165, 1.54) is 5.56 Å². The highest BCUT2D eigenvalue weighted by Gasteiger charge is 2.11. The summed E-state index contributed by atoms with van der Waals surface area (Å²) in [6, 6.07) is 8.28. The van der Waals surface area contributed by atoms with Crippen LogP contribution in [0, 0.1) is 0 Å². The Balaban J connectivity index is 1.73. The maximum Gasteiger partial charge on any atom is 0.264 e. The monoisotopic (exact) mass is 394 g/mol. The van der Waals surface area contributed by atoms with Crippen molar-refractivity contribution in [3.63, 3.8) is 0 Å². The van der Waals surface area contributed by atoms with E-state index >= 15 is 0 Å². The van der Waals surface area contributed by atoms with E-state index in [0.29, 0.717) is 6.42 Å². The molecule has 0 unspecified atom stereocenters. The molecule has 0 aliphatic heterocycles. The first-order chi connectivity index (χ1) is 12.6. The fourth-order valence-electron chi connectivity index (χ4n) is 2.75. The van der Waals surface area contributed by atoms with Crippen LogP contribution in [-0.4, -0.2) is 36.4 Å². The lowest BCUT2D eigenvalue weighted by Gasteiger charge is -2.21. The summed E-state index contributed by atoms with van der Waals surface area (Å²) < 4.78 is 34.7. The molecule has 0 spiro atoms. The van der Waals surface area contributed by atoms with Gasteiger partial charge in [-0.25, -0.2) is 4.98 Å². The summed E-state index contributed by atoms with van der Waals surface area (Å²) in [4.78, 5) is 4.29. The van der Waals surface area contributed by atoms with Gasteiger partial charge in [-0.3, -0.25) is 4.18 Å². The van der Waals surface area contributed by atoms with E-state index in [1.54, 1.807) is 6.20 Å². The van der Waals surface area contributed by atoms with Crippen LogP contribution in [0.3, 0.4) is 0 Å². The molecule has 6 nitrogen and oxygen atoms in total. The lowest BCUT2D eigenvalue weighted by Crippen LogP contribution is -2.22. The van der Waals surface area contributed by atoms with Gasteiger partial charge in [0.1, 0.15) is 17.2 Å². The molecule has 0 fully saturated rings. The predicted molar refractivity (Wildman–Crippen MR) is 106 cm³/mol. The summed E-state index contributed by atoms with van der Waals surface area (Å²) in [7, 11) is -3.40. The molecule has 0 N–H and O–H groups in total. The van der Waals surface area contributed by atoms with Crippen molar-refractivity contribution in [3.8, 4) is 5.75 Å². The van der Waals surface area contributed by atoms with E-state index in [-0.39, 0.29) is 12.2 Å². The van der Waals surface area contributed by atoms with Crippen LogP contribution in [0.4, 0.5) is 0 Å². The first kappa shape index (κ1) is 21.4.